The van der Waals surface area contributed by atoms with E-state index in [9.17, 15) is 14.4 Å². The lowest BCUT2D eigenvalue weighted by Crippen LogP contribution is -2.19. The maximum atomic E-state index is 13.3. The number of carbonyl (C=O) groups is 3. The van der Waals surface area contributed by atoms with Crippen molar-refractivity contribution in [3.63, 3.8) is 0 Å². The van der Waals surface area contributed by atoms with E-state index >= 15 is 0 Å². The first-order valence-electron chi connectivity index (χ1n) is 11.4. The van der Waals surface area contributed by atoms with Gasteiger partial charge in [0.15, 0.2) is 11.5 Å². The van der Waals surface area contributed by atoms with Crippen molar-refractivity contribution in [2.24, 2.45) is 0 Å². The predicted molar refractivity (Wildman–Crippen MR) is 140 cm³/mol. The van der Waals surface area contributed by atoms with Crippen molar-refractivity contribution < 1.29 is 18.8 Å². The monoisotopic (exact) mass is 474 g/mol. The van der Waals surface area contributed by atoms with Crippen LogP contribution in [0.3, 0.4) is 0 Å². The summed E-state index contributed by atoms with van der Waals surface area (Å²) in [6.07, 6.45) is 0. The van der Waals surface area contributed by atoms with Gasteiger partial charge >= 0.3 is 0 Å². The molecule has 0 aliphatic heterocycles. The van der Waals surface area contributed by atoms with Crippen molar-refractivity contribution in [2.45, 2.75) is 6.92 Å². The predicted octanol–water partition coefficient (Wildman–Crippen LogP) is 6.48. The minimum atomic E-state index is -0.471. The van der Waals surface area contributed by atoms with Gasteiger partial charge in [0.2, 0.25) is 0 Å². The number of carbonyl (C=O) groups excluding carboxylic acids is 3. The third-order valence-corrected chi connectivity index (χ3v) is 5.77. The number of para-hydroxylation sites is 2. The van der Waals surface area contributed by atoms with E-state index in [4.69, 9.17) is 4.42 Å². The molecule has 176 valence electrons. The molecular formula is C30H22N2O4. The number of hydrogen-bond donors (Lipinski definition) is 2. The molecule has 1 heterocycles. The molecule has 1 aromatic heterocycles. The van der Waals surface area contributed by atoms with E-state index in [0.29, 0.717) is 28.1 Å². The van der Waals surface area contributed by atoms with Crippen LogP contribution in [0.1, 0.15) is 42.4 Å². The quantitative estimate of drug-likeness (QED) is 0.276. The van der Waals surface area contributed by atoms with Crippen molar-refractivity contribution in [1.82, 2.24) is 0 Å². The highest BCUT2D eigenvalue weighted by molar-refractivity contribution is 6.17. The Hall–Kier alpha value is -4.97. The fraction of sp³-hybridized carbons (Fsp3) is 0.0333. The Balaban J connectivity index is 1.41. The van der Waals surface area contributed by atoms with Crippen molar-refractivity contribution in [1.29, 1.82) is 0 Å². The largest absolute Gasteiger partial charge is 0.451 e. The Morgan fingerprint density at radius 1 is 0.639 bits per heavy atom. The van der Waals surface area contributed by atoms with Gasteiger partial charge in [-0.15, -0.1) is 0 Å². The molecule has 4 aromatic carbocycles. The summed E-state index contributed by atoms with van der Waals surface area (Å²) < 4.78 is 5.64. The van der Waals surface area contributed by atoms with E-state index in [-0.39, 0.29) is 17.1 Å². The molecule has 0 unspecified atom stereocenters. The number of ketones is 1. The van der Waals surface area contributed by atoms with Crippen molar-refractivity contribution >= 4 is 39.9 Å². The molecule has 2 amide bonds. The molecule has 0 bridgehead atoms. The lowest BCUT2D eigenvalue weighted by molar-refractivity contribution is 0.0997. The number of furan rings is 1. The normalized spacial score (nSPS) is 10.7. The smallest absolute Gasteiger partial charge is 0.291 e. The standard InChI is InChI=1S/C30H22N2O4/c1-19-15-16-25(23(17-19)28(33)20-9-3-2-4-10-20)31-29(34)22-12-6-7-13-24(22)32-30(35)27-18-21-11-5-8-14-26(21)36-27/h2-18H,1H3,(H,31,34)(H,32,35). The fourth-order valence-electron chi connectivity index (χ4n) is 3.96. The molecule has 0 aliphatic carbocycles. The highest BCUT2D eigenvalue weighted by Gasteiger charge is 2.20. The molecule has 2 N–H and O–H groups in total. The Labute approximate surface area is 207 Å². The van der Waals surface area contributed by atoms with Crippen LogP contribution in [0.5, 0.6) is 0 Å². The number of benzene rings is 4. The number of hydrogen-bond acceptors (Lipinski definition) is 4. The van der Waals surface area contributed by atoms with Crippen LogP contribution in [-0.2, 0) is 0 Å². The van der Waals surface area contributed by atoms with Crippen LogP contribution < -0.4 is 10.6 Å². The molecule has 5 rings (SSSR count). The summed E-state index contributed by atoms with van der Waals surface area (Å²) in [6, 6.07) is 29.8. The highest BCUT2D eigenvalue weighted by Crippen LogP contribution is 2.25. The molecular weight excluding hydrogens is 452 g/mol. The van der Waals surface area contributed by atoms with Crippen LogP contribution in [0, 0.1) is 6.92 Å². The second-order valence-electron chi connectivity index (χ2n) is 8.35. The molecule has 6 nitrogen and oxygen atoms in total. The number of fused-ring (bicyclic) bond motifs is 1. The van der Waals surface area contributed by atoms with Crippen molar-refractivity contribution in [3.8, 4) is 0 Å². The zero-order valence-corrected chi connectivity index (χ0v) is 19.4. The van der Waals surface area contributed by atoms with E-state index in [1.165, 1.54) is 0 Å². The van der Waals surface area contributed by atoms with Gasteiger partial charge in [0.25, 0.3) is 11.8 Å². The maximum absolute atomic E-state index is 13.3. The first kappa shape index (κ1) is 22.8. The third-order valence-electron chi connectivity index (χ3n) is 5.77. The van der Waals surface area contributed by atoms with E-state index in [1.54, 1.807) is 72.8 Å². The highest BCUT2D eigenvalue weighted by atomic mass is 16.3. The fourth-order valence-corrected chi connectivity index (χ4v) is 3.96. The number of rotatable bonds is 6. The van der Waals surface area contributed by atoms with Crippen LogP contribution in [0.15, 0.2) is 108 Å². The first-order valence-corrected chi connectivity index (χ1v) is 11.4. The maximum Gasteiger partial charge on any atom is 0.291 e. The van der Waals surface area contributed by atoms with Gasteiger partial charge < -0.3 is 15.1 Å². The van der Waals surface area contributed by atoms with Crippen LogP contribution in [0.4, 0.5) is 11.4 Å². The van der Waals surface area contributed by atoms with Gasteiger partial charge in [0, 0.05) is 16.5 Å². The van der Waals surface area contributed by atoms with E-state index in [1.807, 2.05) is 37.3 Å². The molecule has 0 saturated carbocycles. The molecule has 0 spiro atoms. The van der Waals surface area contributed by atoms with Gasteiger partial charge in [-0.05, 0) is 43.3 Å². The topological polar surface area (TPSA) is 88.4 Å². The SMILES string of the molecule is Cc1ccc(NC(=O)c2ccccc2NC(=O)c2cc3ccccc3o2)c(C(=O)c2ccccc2)c1. The number of aryl methyl sites for hydroxylation is 1. The lowest BCUT2D eigenvalue weighted by atomic mass is 9.99. The average molecular weight is 475 g/mol. The Morgan fingerprint density at radius 3 is 2.11 bits per heavy atom. The first-order chi connectivity index (χ1) is 17.5. The minimum Gasteiger partial charge on any atom is -0.451 e. The summed E-state index contributed by atoms with van der Waals surface area (Å²) >= 11 is 0. The molecule has 0 aliphatic rings. The van der Waals surface area contributed by atoms with Crippen molar-refractivity contribution in [2.75, 3.05) is 10.6 Å². The average Bonchev–Trinajstić information content (AvgIpc) is 3.35. The van der Waals surface area contributed by atoms with Gasteiger partial charge in [0.1, 0.15) is 5.58 Å². The van der Waals surface area contributed by atoms with E-state index in [0.717, 1.165) is 10.9 Å². The second kappa shape index (κ2) is 9.72. The van der Waals surface area contributed by atoms with Crippen molar-refractivity contribution in [3.05, 3.63) is 131 Å². The Morgan fingerprint density at radius 2 is 1.31 bits per heavy atom. The van der Waals surface area contributed by atoms with Gasteiger partial charge in [-0.25, -0.2) is 0 Å². The van der Waals surface area contributed by atoms with Crippen LogP contribution in [-0.4, -0.2) is 17.6 Å². The number of nitrogens with one attached hydrogen (secondary N) is 2. The number of anilines is 2. The van der Waals surface area contributed by atoms with E-state index < -0.39 is 11.8 Å². The summed E-state index contributed by atoms with van der Waals surface area (Å²) in [4.78, 5) is 39.3. The summed E-state index contributed by atoms with van der Waals surface area (Å²) in [5.41, 5.74) is 3.37. The molecule has 0 radical (unpaired) electrons. The van der Waals surface area contributed by atoms with Gasteiger partial charge in [0.05, 0.1) is 16.9 Å². The number of amides is 2. The lowest BCUT2D eigenvalue weighted by Gasteiger charge is -2.14. The minimum absolute atomic E-state index is 0.140. The second-order valence-corrected chi connectivity index (χ2v) is 8.35. The summed E-state index contributed by atoms with van der Waals surface area (Å²) in [6.45, 7) is 1.89. The zero-order chi connectivity index (χ0) is 25.1. The van der Waals surface area contributed by atoms with Crippen LogP contribution in [0.2, 0.25) is 0 Å². The van der Waals surface area contributed by atoms with Gasteiger partial charge in [-0.2, -0.15) is 0 Å². The summed E-state index contributed by atoms with van der Waals surface area (Å²) in [7, 11) is 0. The molecule has 0 atom stereocenters. The van der Waals surface area contributed by atoms with Gasteiger partial charge in [-0.1, -0.05) is 72.3 Å². The zero-order valence-electron chi connectivity index (χ0n) is 19.4. The van der Waals surface area contributed by atoms with Crippen LogP contribution >= 0.6 is 0 Å². The van der Waals surface area contributed by atoms with E-state index in [2.05, 4.69) is 10.6 Å². The molecule has 36 heavy (non-hydrogen) atoms. The molecule has 6 heteroatoms. The Kier molecular flexibility index (Phi) is 6.16. The summed E-state index contributed by atoms with van der Waals surface area (Å²) in [5.74, 6) is -0.982. The molecule has 0 saturated heterocycles. The summed E-state index contributed by atoms with van der Waals surface area (Å²) in [5, 5.41) is 6.42. The molecule has 5 aromatic rings. The molecule has 0 fully saturated rings. The van der Waals surface area contributed by atoms with Crippen LogP contribution in [0.25, 0.3) is 11.0 Å². The third kappa shape index (κ3) is 4.65. The van der Waals surface area contributed by atoms with Gasteiger partial charge in [-0.3, -0.25) is 14.4 Å². The Bertz CT molecular complexity index is 1570.